The monoisotopic (exact) mass is 940 g/mol. The number of aliphatic hydroxyl groups excluding tert-OH is 5. The molecule has 0 aromatic rings. The summed E-state index contributed by atoms with van der Waals surface area (Å²) in [6.45, 7) is 3.65. The molecule has 7 atom stereocenters. The summed E-state index contributed by atoms with van der Waals surface area (Å²) >= 11 is 0. The Morgan fingerprint density at radius 1 is 0.522 bits per heavy atom. The minimum Gasteiger partial charge on any atom is -0.394 e. The molecule has 0 radical (unpaired) electrons. The molecule has 1 aliphatic heterocycles. The van der Waals surface area contributed by atoms with E-state index in [1.807, 2.05) is 6.08 Å². The zero-order chi connectivity index (χ0) is 48.7. The highest BCUT2D eigenvalue weighted by Gasteiger charge is 2.44. The number of aliphatic hydroxyl groups is 5. The summed E-state index contributed by atoms with van der Waals surface area (Å²) in [6, 6.07) is -0.830. The summed E-state index contributed by atoms with van der Waals surface area (Å²) in [4.78, 5) is 13.0. The second kappa shape index (κ2) is 47.1. The lowest BCUT2D eigenvalue weighted by Gasteiger charge is -2.40. The first kappa shape index (κ1) is 62.4. The van der Waals surface area contributed by atoms with Gasteiger partial charge in [0.1, 0.15) is 24.4 Å². The van der Waals surface area contributed by atoms with Gasteiger partial charge in [-0.2, -0.15) is 0 Å². The Morgan fingerprint density at radius 2 is 0.940 bits per heavy atom. The van der Waals surface area contributed by atoms with E-state index in [2.05, 4.69) is 92.1 Å². The molecule has 0 aromatic heterocycles. The van der Waals surface area contributed by atoms with Gasteiger partial charge in [0.15, 0.2) is 6.29 Å². The fourth-order valence-corrected chi connectivity index (χ4v) is 8.14. The lowest BCUT2D eigenvalue weighted by Crippen LogP contribution is -2.60. The summed E-state index contributed by atoms with van der Waals surface area (Å²) in [5, 5.41) is 54.4. The van der Waals surface area contributed by atoms with Gasteiger partial charge >= 0.3 is 0 Å². The molecule has 1 amide bonds. The van der Waals surface area contributed by atoms with Crippen LogP contribution in [0, 0.1) is 0 Å². The third-order valence-electron chi connectivity index (χ3n) is 12.5. The van der Waals surface area contributed by atoms with E-state index in [1.165, 1.54) is 116 Å². The van der Waals surface area contributed by atoms with Crippen LogP contribution in [0.4, 0.5) is 0 Å². The Bertz CT molecular complexity index is 1320. The molecular weight excluding hydrogens is 839 g/mol. The van der Waals surface area contributed by atoms with Crippen molar-refractivity contribution in [3.63, 3.8) is 0 Å². The maximum atomic E-state index is 13.0. The second-order valence-corrected chi connectivity index (χ2v) is 18.6. The third-order valence-corrected chi connectivity index (χ3v) is 12.5. The summed E-state index contributed by atoms with van der Waals surface area (Å²) in [5.74, 6) is -0.196. The number of amides is 1. The number of allylic oxidation sites excluding steroid dienone is 13. The highest BCUT2D eigenvalue weighted by atomic mass is 16.7. The Labute approximate surface area is 410 Å². The van der Waals surface area contributed by atoms with Crippen molar-refractivity contribution in [2.75, 3.05) is 13.2 Å². The lowest BCUT2D eigenvalue weighted by atomic mass is 9.99. The van der Waals surface area contributed by atoms with Crippen LogP contribution in [0.15, 0.2) is 85.1 Å². The number of ether oxygens (including phenoxy) is 2. The van der Waals surface area contributed by atoms with Gasteiger partial charge in [0.2, 0.25) is 5.91 Å². The number of rotatable bonds is 45. The smallest absolute Gasteiger partial charge is 0.220 e. The molecule has 386 valence electrons. The van der Waals surface area contributed by atoms with Gasteiger partial charge in [-0.3, -0.25) is 4.79 Å². The average molecular weight is 940 g/mol. The highest BCUT2D eigenvalue weighted by molar-refractivity contribution is 5.76. The van der Waals surface area contributed by atoms with Crippen LogP contribution >= 0.6 is 0 Å². The molecule has 0 bridgehead atoms. The Morgan fingerprint density at radius 3 is 1.43 bits per heavy atom. The minimum absolute atomic E-state index is 0.196. The summed E-state index contributed by atoms with van der Waals surface area (Å²) in [5.41, 5.74) is 0. The van der Waals surface area contributed by atoms with Crippen LogP contribution in [0.2, 0.25) is 0 Å². The van der Waals surface area contributed by atoms with Crippen LogP contribution in [0.25, 0.3) is 0 Å². The first-order valence-electron chi connectivity index (χ1n) is 27.3. The van der Waals surface area contributed by atoms with Crippen molar-refractivity contribution >= 4 is 5.91 Å². The van der Waals surface area contributed by atoms with E-state index in [0.717, 1.165) is 83.5 Å². The van der Waals surface area contributed by atoms with Crippen molar-refractivity contribution in [1.82, 2.24) is 5.32 Å². The molecular formula is C58H101NO8. The lowest BCUT2D eigenvalue weighted by molar-refractivity contribution is -0.302. The number of nitrogens with one attached hydrogen (secondary N) is 1. The van der Waals surface area contributed by atoms with Crippen LogP contribution < -0.4 is 5.32 Å². The number of hydrogen-bond acceptors (Lipinski definition) is 8. The van der Waals surface area contributed by atoms with Gasteiger partial charge in [0.25, 0.3) is 0 Å². The molecule has 0 aromatic carbocycles. The molecule has 9 heteroatoms. The number of unbranched alkanes of at least 4 members (excludes halogenated alkanes) is 23. The van der Waals surface area contributed by atoms with Crippen molar-refractivity contribution in [3.05, 3.63) is 85.1 Å². The second-order valence-electron chi connectivity index (χ2n) is 18.6. The van der Waals surface area contributed by atoms with Crippen molar-refractivity contribution in [3.8, 4) is 0 Å². The largest absolute Gasteiger partial charge is 0.394 e. The third kappa shape index (κ3) is 36.9. The highest BCUT2D eigenvalue weighted by Crippen LogP contribution is 2.23. The quantitative estimate of drug-likeness (QED) is 0.0261. The standard InChI is InChI=1S/C58H101NO8/c1-3-5-7-9-11-13-15-17-19-21-23-24-25-26-27-28-30-32-34-36-38-40-42-44-46-48-54(62)59-51(50-66-58-57(65)56(64)55(63)53(49-60)67-58)52(61)47-45-43-41-39-37-35-33-31-29-22-20-18-16-14-12-10-8-6-4-2/h5,7,11,13,17,19,23-24,26-27,37,39,45,47,51-53,55-58,60-61,63-65H,3-4,6,8-10,12,14-16,18,20-22,25,28-36,38,40-44,46,48-50H2,1-2H3,(H,59,62)/b7-5-,13-11-,19-17-,24-23-,27-26-,39-37+,47-45+. The predicted octanol–water partition coefficient (Wildman–Crippen LogP) is 13.1. The predicted molar refractivity (Wildman–Crippen MR) is 281 cm³/mol. The van der Waals surface area contributed by atoms with Crippen LogP contribution in [-0.4, -0.2) is 87.5 Å². The zero-order valence-corrected chi connectivity index (χ0v) is 42.6. The first-order valence-corrected chi connectivity index (χ1v) is 27.3. The zero-order valence-electron chi connectivity index (χ0n) is 42.6. The Hall–Kier alpha value is -2.63. The summed E-state index contributed by atoms with van der Waals surface area (Å²) in [6.07, 6.45) is 59.2. The van der Waals surface area contributed by atoms with Crippen LogP contribution in [-0.2, 0) is 14.3 Å². The molecule has 1 heterocycles. The maximum absolute atomic E-state index is 13.0. The van der Waals surface area contributed by atoms with E-state index in [9.17, 15) is 30.3 Å². The molecule has 0 saturated carbocycles. The molecule has 0 spiro atoms. The van der Waals surface area contributed by atoms with E-state index < -0.39 is 49.5 Å². The summed E-state index contributed by atoms with van der Waals surface area (Å²) in [7, 11) is 0. The van der Waals surface area contributed by atoms with Crippen molar-refractivity contribution in [1.29, 1.82) is 0 Å². The number of carbonyl (C=O) groups is 1. The fraction of sp³-hybridized carbons (Fsp3) is 0.741. The molecule has 9 nitrogen and oxygen atoms in total. The van der Waals surface area contributed by atoms with Gasteiger partial charge in [-0.25, -0.2) is 0 Å². The minimum atomic E-state index is -1.58. The van der Waals surface area contributed by atoms with Crippen molar-refractivity contribution in [2.45, 2.75) is 262 Å². The molecule has 67 heavy (non-hydrogen) atoms. The van der Waals surface area contributed by atoms with E-state index in [-0.39, 0.29) is 12.5 Å². The van der Waals surface area contributed by atoms with E-state index in [4.69, 9.17) is 9.47 Å². The number of carbonyl (C=O) groups excluding carboxylic acids is 1. The van der Waals surface area contributed by atoms with Crippen molar-refractivity contribution in [2.24, 2.45) is 0 Å². The normalized spacial score (nSPS) is 20.4. The van der Waals surface area contributed by atoms with Gasteiger partial charge in [0.05, 0.1) is 25.4 Å². The molecule has 0 aliphatic carbocycles. The summed E-state index contributed by atoms with van der Waals surface area (Å²) < 4.78 is 11.2. The van der Waals surface area contributed by atoms with E-state index in [1.54, 1.807) is 6.08 Å². The molecule has 1 rings (SSSR count). The van der Waals surface area contributed by atoms with Gasteiger partial charge < -0.3 is 40.3 Å². The molecule has 1 aliphatic rings. The fourth-order valence-electron chi connectivity index (χ4n) is 8.14. The van der Waals surface area contributed by atoms with Crippen LogP contribution in [0.5, 0.6) is 0 Å². The van der Waals surface area contributed by atoms with E-state index in [0.29, 0.717) is 6.42 Å². The van der Waals surface area contributed by atoms with Crippen molar-refractivity contribution < 1.29 is 39.8 Å². The molecule has 6 N–H and O–H groups in total. The van der Waals surface area contributed by atoms with Crippen LogP contribution in [0.1, 0.15) is 219 Å². The molecule has 1 saturated heterocycles. The van der Waals surface area contributed by atoms with Gasteiger partial charge in [-0.15, -0.1) is 0 Å². The van der Waals surface area contributed by atoms with E-state index >= 15 is 0 Å². The molecule has 1 fully saturated rings. The van der Waals surface area contributed by atoms with Gasteiger partial charge in [-0.05, 0) is 77.0 Å². The first-order chi connectivity index (χ1) is 32.8. The Kier molecular flexibility index (Phi) is 43.8. The SMILES string of the molecule is CC/C=C\C/C=C\C/C=C\C/C=C\C/C=C\CCCCCCCCCCCC(=O)NC(COC1OC(CO)C(O)C(O)C1O)C(O)/C=C/CC/C=C/CCCCCCCCCCCCCCC. The molecule has 7 unspecified atom stereocenters. The average Bonchev–Trinajstić information content (AvgIpc) is 3.33. The van der Waals surface area contributed by atoms with Gasteiger partial charge in [0, 0.05) is 6.42 Å². The Balaban J connectivity index is 2.29. The van der Waals surface area contributed by atoms with Crippen LogP contribution in [0.3, 0.4) is 0 Å². The maximum Gasteiger partial charge on any atom is 0.220 e. The van der Waals surface area contributed by atoms with Gasteiger partial charge in [-0.1, -0.05) is 221 Å². The number of hydrogen-bond donors (Lipinski definition) is 6. The topological polar surface area (TPSA) is 149 Å².